The van der Waals surface area contributed by atoms with E-state index >= 15 is 0 Å². The number of rotatable bonds is 5. The van der Waals surface area contributed by atoms with Crippen molar-refractivity contribution in [2.45, 2.75) is 19.4 Å². The minimum absolute atomic E-state index is 0. The van der Waals surface area contributed by atoms with Crippen molar-refractivity contribution < 1.29 is 23.7 Å². The molecule has 2 aromatic carbocycles. The predicted octanol–water partition coefficient (Wildman–Crippen LogP) is 0.510. The molecule has 0 saturated carbocycles. The van der Waals surface area contributed by atoms with E-state index < -0.39 is 0 Å². The van der Waals surface area contributed by atoms with Gasteiger partial charge in [-0.05, 0) is 12.5 Å². The topological polar surface area (TPSA) is 29.1 Å². The third-order valence-corrected chi connectivity index (χ3v) is 3.00. The molecule has 0 fully saturated rings. The fourth-order valence-electron chi connectivity index (χ4n) is 1.93. The monoisotopic (exact) mass is 259 g/mol. The second-order valence-corrected chi connectivity index (χ2v) is 4.52. The molecule has 0 spiro atoms. The minimum Gasteiger partial charge on any atom is -0.350 e. The van der Waals surface area contributed by atoms with Crippen LogP contribution in [0.1, 0.15) is 30.5 Å². The number of nitrogens with one attached hydrogen (secondary N) is 1. The van der Waals surface area contributed by atoms with Crippen molar-refractivity contribution in [1.29, 1.82) is 0 Å². The van der Waals surface area contributed by atoms with Crippen LogP contribution in [0.25, 0.3) is 0 Å². The van der Waals surface area contributed by atoms with Crippen molar-refractivity contribution >= 4 is 5.91 Å². The molecule has 1 atom stereocenters. The number of hydrogen-bond acceptors (Lipinski definition) is 1. The van der Waals surface area contributed by atoms with Crippen molar-refractivity contribution in [1.82, 2.24) is 5.32 Å². The van der Waals surface area contributed by atoms with E-state index in [1.165, 1.54) is 0 Å². The summed E-state index contributed by atoms with van der Waals surface area (Å²) in [5.74, 6) is 0.0419. The number of amides is 1. The van der Waals surface area contributed by atoms with E-state index in [0.717, 1.165) is 11.1 Å². The Morgan fingerprint density at radius 3 is 2.20 bits per heavy atom. The van der Waals surface area contributed by atoms with Crippen LogP contribution in [0.5, 0.6) is 0 Å². The van der Waals surface area contributed by atoms with Gasteiger partial charge in [-0.2, -0.15) is 24.1 Å². The molecule has 1 amide bonds. The summed E-state index contributed by atoms with van der Waals surface area (Å²) in [6, 6.07) is 19.9. The molecule has 0 aliphatic heterocycles. The Morgan fingerprint density at radius 2 is 1.60 bits per heavy atom. The second-order valence-electron chi connectivity index (χ2n) is 4.52. The van der Waals surface area contributed by atoms with Crippen LogP contribution < -0.4 is 24.2 Å². The predicted molar refractivity (Wildman–Crippen MR) is 77.5 cm³/mol. The molecular weight excluding hydrogens is 241 g/mol. The first-order chi connectivity index (χ1) is 9.25. The third kappa shape index (κ3) is 5.17. The van der Waals surface area contributed by atoms with Gasteiger partial charge in [-0.1, -0.05) is 36.4 Å². The summed E-state index contributed by atoms with van der Waals surface area (Å²) in [5.41, 5.74) is 2.19. The van der Waals surface area contributed by atoms with Crippen molar-refractivity contribution in [3.63, 3.8) is 0 Å². The molecule has 2 aromatic rings. The van der Waals surface area contributed by atoms with E-state index in [1.54, 1.807) is 0 Å². The standard InChI is InChI=1S/C17H18NO.Li/c1-14(16-10-6-3-7-11-16)18-17(19)13-12-15-8-4-2-5-9-15;/h2-12,14H,13H2,1H3,(H,18,19);/q-1;+1/t14-;/m0./s1. The quantitative estimate of drug-likeness (QED) is 0.615. The molecule has 0 saturated heterocycles. The Bertz CT molecular complexity index is 513. The summed E-state index contributed by atoms with van der Waals surface area (Å²) >= 11 is 0. The van der Waals surface area contributed by atoms with Gasteiger partial charge in [-0.25, -0.2) is 0 Å². The van der Waals surface area contributed by atoms with Crippen LogP contribution in [-0.2, 0) is 4.79 Å². The van der Waals surface area contributed by atoms with Crippen LogP contribution in [0.15, 0.2) is 60.7 Å². The van der Waals surface area contributed by atoms with Crippen molar-refractivity contribution in [3.05, 3.63) is 78.2 Å². The molecule has 0 unspecified atom stereocenters. The molecule has 0 aliphatic rings. The van der Waals surface area contributed by atoms with Gasteiger partial charge >= 0.3 is 18.9 Å². The molecular formula is C17H18LiNO. The normalized spacial score (nSPS) is 11.1. The molecule has 98 valence electrons. The summed E-state index contributed by atoms with van der Waals surface area (Å²) < 4.78 is 0. The van der Waals surface area contributed by atoms with E-state index in [9.17, 15) is 4.79 Å². The first kappa shape index (κ1) is 16.4. The number of carbonyl (C=O) groups excluding carboxylic acids is 1. The van der Waals surface area contributed by atoms with Gasteiger partial charge in [0.2, 0.25) is 5.91 Å². The van der Waals surface area contributed by atoms with Gasteiger partial charge in [-0.3, -0.25) is 4.79 Å². The zero-order chi connectivity index (χ0) is 13.5. The number of carbonyl (C=O) groups is 1. The molecule has 1 N–H and O–H groups in total. The van der Waals surface area contributed by atoms with Crippen LogP contribution in [0.4, 0.5) is 0 Å². The summed E-state index contributed by atoms with van der Waals surface area (Å²) in [5, 5.41) is 3.00. The molecule has 2 nitrogen and oxygen atoms in total. The van der Waals surface area contributed by atoms with E-state index in [0.29, 0.717) is 6.42 Å². The largest absolute Gasteiger partial charge is 1.00 e. The molecule has 0 heterocycles. The Balaban J connectivity index is 0.00000200. The van der Waals surface area contributed by atoms with Crippen LogP contribution >= 0.6 is 0 Å². The summed E-state index contributed by atoms with van der Waals surface area (Å²) in [6.07, 6.45) is 2.34. The van der Waals surface area contributed by atoms with E-state index in [2.05, 4.69) is 5.32 Å². The van der Waals surface area contributed by atoms with Gasteiger partial charge in [0.1, 0.15) is 0 Å². The summed E-state index contributed by atoms with van der Waals surface area (Å²) in [7, 11) is 0. The second kappa shape index (κ2) is 8.53. The Morgan fingerprint density at radius 1 is 1.05 bits per heavy atom. The molecule has 3 heteroatoms. The van der Waals surface area contributed by atoms with Crippen LogP contribution in [0.2, 0.25) is 0 Å². The van der Waals surface area contributed by atoms with Crippen molar-refractivity contribution in [2.24, 2.45) is 0 Å². The molecule has 0 aliphatic carbocycles. The number of hydrogen-bond donors (Lipinski definition) is 1. The smallest absolute Gasteiger partial charge is 0.350 e. The Kier molecular flexibility index (Phi) is 7.01. The maximum Gasteiger partial charge on any atom is 1.00 e. The first-order valence-corrected chi connectivity index (χ1v) is 6.48. The Labute approximate surface area is 132 Å². The average Bonchev–Trinajstić information content (AvgIpc) is 2.47. The maximum absolute atomic E-state index is 11.9. The first-order valence-electron chi connectivity index (χ1n) is 6.48. The molecule has 20 heavy (non-hydrogen) atoms. The number of benzene rings is 2. The van der Waals surface area contributed by atoms with Crippen LogP contribution in [0, 0.1) is 6.42 Å². The van der Waals surface area contributed by atoms with E-state index in [-0.39, 0.29) is 30.8 Å². The van der Waals surface area contributed by atoms with Gasteiger partial charge in [0.25, 0.3) is 0 Å². The van der Waals surface area contributed by atoms with Gasteiger partial charge in [0.05, 0.1) is 6.04 Å². The fourth-order valence-corrected chi connectivity index (χ4v) is 1.93. The molecule has 2 rings (SSSR count). The zero-order valence-corrected chi connectivity index (χ0v) is 12.0. The molecule has 0 radical (unpaired) electrons. The summed E-state index contributed by atoms with van der Waals surface area (Å²) in [6.45, 7) is 2.00. The van der Waals surface area contributed by atoms with Crippen LogP contribution in [-0.4, -0.2) is 5.91 Å². The third-order valence-electron chi connectivity index (χ3n) is 3.00. The van der Waals surface area contributed by atoms with Gasteiger partial charge < -0.3 is 5.32 Å². The average molecular weight is 259 g/mol. The van der Waals surface area contributed by atoms with E-state index in [1.807, 2.05) is 74.0 Å². The Hall–Kier alpha value is -1.62. The molecule has 0 bridgehead atoms. The SMILES string of the molecule is C[C@H](NC(=O)C[CH-]c1ccccc1)c1ccccc1.[Li+]. The van der Waals surface area contributed by atoms with Gasteiger partial charge in [0, 0.05) is 6.42 Å². The van der Waals surface area contributed by atoms with Crippen molar-refractivity contribution in [2.75, 3.05) is 0 Å². The van der Waals surface area contributed by atoms with Gasteiger partial charge in [0.15, 0.2) is 0 Å². The van der Waals surface area contributed by atoms with E-state index in [4.69, 9.17) is 0 Å². The minimum atomic E-state index is 0. The fraction of sp³-hybridized carbons (Fsp3) is 0.176. The van der Waals surface area contributed by atoms with Gasteiger partial charge in [-0.15, -0.1) is 12.1 Å². The summed E-state index contributed by atoms with van der Waals surface area (Å²) in [4.78, 5) is 11.9. The van der Waals surface area contributed by atoms with Crippen molar-refractivity contribution in [3.8, 4) is 0 Å². The molecule has 0 aromatic heterocycles. The zero-order valence-electron chi connectivity index (χ0n) is 12.0. The maximum atomic E-state index is 11.9. The van der Waals surface area contributed by atoms with Crippen LogP contribution in [0.3, 0.4) is 0 Å².